The van der Waals surface area contributed by atoms with Gasteiger partial charge in [-0.2, -0.15) is 0 Å². The second-order valence-electron chi connectivity index (χ2n) is 2.56. The SMILES string of the molecule is CCCCCCCC(=O)O.[NH4+]. The minimum atomic E-state index is -0.670. The first-order valence-corrected chi connectivity index (χ1v) is 3.99. The molecule has 0 aliphatic carbocycles. The summed E-state index contributed by atoms with van der Waals surface area (Å²) >= 11 is 0. The molecule has 3 nitrogen and oxygen atoms in total. The molecule has 11 heavy (non-hydrogen) atoms. The third kappa shape index (κ3) is 12.6. The quantitative estimate of drug-likeness (QED) is 0.589. The molecule has 0 rings (SSSR count). The first kappa shape index (κ1) is 13.1. The van der Waals surface area contributed by atoms with E-state index in [0.717, 1.165) is 12.8 Å². The Morgan fingerprint density at radius 1 is 1.18 bits per heavy atom. The summed E-state index contributed by atoms with van der Waals surface area (Å²) < 4.78 is 0. The van der Waals surface area contributed by atoms with Crippen molar-refractivity contribution in [3.05, 3.63) is 0 Å². The zero-order chi connectivity index (χ0) is 7.82. The second-order valence-corrected chi connectivity index (χ2v) is 2.56. The molecule has 3 heteroatoms. The van der Waals surface area contributed by atoms with Crippen molar-refractivity contribution in [1.29, 1.82) is 0 Å². The topological polar surface area (TPSA) is 73.8 Å². The van der Waals surface area contributed by atoms with Crippen molar-refractivity contribution in [3.63, 3.8) is 0 Å². The summed E-state index contributed by atoms with van der Waals surface area (Å²) in [5.41, 5.74) is 0. The number of hydrogen-bond acceptors (Lipinski definition) is 1. The Hall–Kier alpha value is -0.570. The number of rotatable bonds is 6. The molecule has 0 aromatic rings. The number of unbranched alkanes of at least 4 members (excludes halogenated alkanes) is 4. The van der Waals surface area contributed by atoms with Crippen LogP contribution in [0.25, 0.3) is 0 Å². The van der Waals surface area contributed by atoms with Crippen LogP contribution in [0.5, 0.6) is 0 Å². The van der Waals surface area contributed by atoms with Crippen LogP contribution < -0.4 is 6.15 Å². The van der Waals surface area contributed by atoms with E-state index in [1.54, 1.807) is 0 Å². The highest BCUT2D eigenvalue weighted by atomic mass is 16.4. The summed E-state index contributed by atoms with van der Waals surface area (Å²) in [5, 5.41) is 8.27. The van der Waals surface area contributed by atoms with Gasteiger partial charge in [-0.3, -0.25) is 4.79 Å². The highest BCUT2D eigenvalue weighted by Gasteiger charge is 1.94. The van der Waals surface area contributed by atoms with Gasteiger partial charge >= 0.3 is 5.97 Å². The molecule has 0 fully saturated rings. The summed E-state index contributed by atoms with van der Waals surface area (Å²) in [5.74, 6) is -0.670. The minimum Gasteiger partial charge on any atom is -0.481 e. The van der Waals surface area contributed by atoms with Crippen LogP contribution in [0.1, 0.15) is 45.4 Å². The molecule has 0 saturated carbocycles. The van der Waals surface area contributed by atoms with Gasteiger partial charge in [0, 0.05) is 6.42 Å². The fourth-order valence-corrected chi connectivity index (χ4v) is 0.880. The van der Waals surface area contributed by atoms with E-state index in [9.17, 15) is 4.79 Å². The number of aliphatic carboxylic acids is 1. The van der Waals surface area contributed by atoms with Gasteiger partial charge in [-0.05, 0) is 6.42 Å². The van der Waals surface area contributed by atoms with E-state index in [1.165, 1.54) is 19.3 Å². The van der Waals surface area contributed by atoms with E-state index < -0.39 is 5.97 Å². The Morgan fingerprint density at radius 3 is 2.18 bits per heavy atom. The molecule has 0 heterocycles. The van der Waals surface area contributed by atoms with E-state index in [-0.39, 0.29) is 6.15 Å². The van der Waals surface area contributed by atoms with Crippen molar-refractivity contribution >= 4 is 5.97 Å². The summed E-state index contributed by atoms with van der Waals surface area (Å²) in [6, 6.07) is 0. The van der Waals surface area contributed by atoms with Gasteiger partial charge in [0.25, 0.3) is 0 Å². The van der Waals surface area contributed by atoms with Gasteiger partial charge in [0.1, 0.15) is 0 Å². The van der Waals surface area contributed by atoms with E-state index in [1.807, 2.05) is 0 Å². The maximum atomic E-state index is 10.0. The lowest BCUT2D eigenvalue weighted by atomic mass is 10.1. The smallest absolute Gasteiger partial charge is 0.303 e. The van der Waals surface area contributed by atoms with Gasteiger partial charge in [0.2, 0.25) is 0 Å². The minimum absolute atomic E-state index is 0. The molecule has 0 atom stereocenters. The first-order valence-electron chi connectivity index (χ1n) is 3.99. The lowest BCUT2D eigenvalue weighted by molar-refractivity contribution is -0.137. The van der Waals surface area contributed by atoms with E-state index in [0.29, 0.717) is 6.42 Å². The Kier molecular flexibility index (Phi) is 11.2. The molecule has 0 saturated heterocycles. The van der Waals surface area contributed by atoms with Crippen molar-refractivity contribution in [2.24, 2.45) is 0 Å². The third-order valence-electron chi connectivity index (χ3n) is 1.49. The van der Waals surface area contributed by atoms with Crippen LogP contribution in [0.3, 0.4) is 0 Å². The summed E-state index contributed by atoms with van der Waals surface area (Å²) in [6.07, 6.45) is 5.88. The Labute approximate surface area is 68.4 Å². The molecule has 0 amide bonds. The Bertz CT molecular complexity index is 94.1. The Balaban J connectivity index is 0. The van der Waals surface area contributed by atoms with Crippen LogP contribution in [0, 0.1) is 0 Å². The highest BCUT2D eigenvalue weighted by molar-refractivity contribution is 5.66. The zero-order valence-corrected chi connectivity index (χ0v) is 7.60. The molecule has 0 bridgehead atoms. The lowest BCUT2D eigenvalue weighted by Gasteiger charge is -1.95. The monoisotopic (exact) mass is 162 g/mol. The van der Waals surface area contributed by atoms with Crippen molar-refractivity contribution in [3.8, 4) is 0 Å². The molecule has 0 radical (unpaired) electrons. The maximum Gasteiger partial charge on any atom is 0.303 e. The van der Waals surface area contributed by atoms with Gasteiger partial charge in [-0.25, -0.2) is 0 Å². The predicted octanol–water partition coefficient (Wildman–Crippen LogP) is 2.81. The van der Waals surface area contributed by atoms with E-state index >= 15 is 0 Å². The van der Waals surface area contributed by atoms with Crippen LogP contribution >= 0.6 is 0 Å². The highest BCUT2D eigenvalue weighted by Crippen LogP contribution is 2.04. The molecule has 0 spiro atoms. The number of hydrogen-bond donors (Lipinski definition) is 2. The van der Waals surface area contributed by atoms with Crippen LogP contribution in [0.4, 0.5) is 0 Å². The van der Waals surface area contributed by atoms with Crippen molar-refractivity contribution in [2.45, 2.75) is 45.4 Å². The normalized spacial score (nSPS) is 8.82. The molecule has 0 unspecified atom stereocenters. The van der Waals surface area contributed by atoms with Gasteiger partial charge in [0.05, 0.1) is 0 Å². The average molecular weight is 162 g/mol. The molecule has 0 aromatic heterocycles. The van der Waals surface area contributed by atoms with Gasteiger partial charge in [-0.1, -0.05) is 32.6 Å². The van der Waals surface area contributed by atoms with Gasteiger partial charge < -0.3 is 11.3 Å². The van der Waals surface area contributed by atoms with Gasteiger partial charge in [-0.15, -0.1) is 0 Å². The standard InChI is InChI=1S/C8H16O2.H3N/c1-2-3-4-5-6-7-8(9)10;/h2-7H2,1H3,(H,9,10);1H3/p+1. The summed E-state index contributed by atoms with van der Waals surface area (Å²) in [6.45, 7) is 2.15. The van der Waals surface area contributed by atoms with Crippen LogP contribution in [-0.4, -0.2) is 11.1 Å². The van der Waals surface area contributed by atoms with Crippen LogP contribution in [0.2, 0.25) is 0 Å². The van der Waals surface area contributed by atoms with Gasteiger partial charge in [0.15, 0.2) is 0 Å². The summed E-state index contributed by atoms with van der Waals surface area (Å²) in [4.78, 5) is 10.0. The number of carbonyl (C=O) groups is 1. The third-order valence-corrected chi connectivity index (χ3v) is 1.49. The first-order chi connectivity index (χ1) is 4.77. The number of carboxylic acid groups (broad SMARTS) is 1. The molecular weight excluding hydrogens is 142 g/mol. The molecule has 0 aromatic carbocycles. The predicted molar refractivity (Wildman–Crippen MR) is 47.0 cm³/mol. The molecule has 68 valence electrons. The zero-order valence-electron chi connectivity index (χ0n) is 7.60. The summed E-state index contributed by atoms with van der Waals surface area (Å²) in [7, 11) is 0. The van der Waals surface area contributed by atoms with E-state index in [2.05, 4.69) is 6.92 Å². The fourth-order valence-electron chi connectivity index (χ4n) is 0.880. The molecule has 0 aliphatic rings. The van der Waals surface area contributed by atoms with Crippen LogP contribution in [-0.2, 0) is 4.79 Å². The van der Waals surface area contributed by atoms with Crippen molar-refractivity contribution in [2.75, 3.05) is 0 Å². The largest absolute Gasteiger partial charge is 0.481 e. The fraction of sp³-hybridized carbons (Fsp3) is 0.875. The van der Waals surface area contributed by atoms with Crippen molar-refractivity contribution in [1.82, 2.24) is 6.15 Å². The van der Waals surface area contributed by atoms with E-state index in [4.69, 9.17) is 5.11 Å². The number of quaternary nitrogens is 1. The maximum absolute atomic E-state index is 10.0. The molecular formula is C8H20NO2+. The van der Waals surface area contributed by atoms with Crippen LogP contribution in [0.15, 0.2) is 0 Å². The molecule has 5 N–H and O–H groups in total. The molecule has 0 aliphatic heterocycles. The lowest BCUT2D eigenvalue weighted by Crippen LogP contribution is -1.93. The Morgan fingerprint density at radius 2 is 1.73 bits per heavy atom. The average Bonchev–Trinajstić information content (AvgIpc) is 1.87. The second kappa shape index (κ2) is 9.43. The van der Waals surface area contributed by atoms with Crippen molar-refractivity contribution < 1.29 is 9.90 Å². The number of carboxylic acids is 1.